The van der Waals surface area contributed by atoms with Crippen molar-refractivity contribution in [3.8, 4) is 16.8 Å². The summed E-state index contributed by atoms with van der Waals surface area (Å²) in [5.74, 6) is -3.23. The molecule has 3 aromatic heterocycles. The van der Waals surface area contributed by atoms with Crippen LogP contribution in [0.2, 0.25) is 0 Å². The molecule has 7 rings (SSSR count). The third-order valence-electron chi connectivity index (χ3n) is 10.00. The quantitative estimate of drug-likeness (QED) is 0.233. The van der Waals surface area contributed by atoms with Gasteiger partial charge in [-0.3, -0.25) is 19.1 Å². The number of anilines is 2. The fourth-order valence-corrected chi connectivity index (χ4v) is 7.73. The maximum absolute atomic E-state index is 17.8. The van der Waals surface area contributed by atoms with Crippen LogP contribution in [-0.2, 0) is 4.79 Å². The number of benzene rings is 2. The number of hydrogen-bond acceptors (Lipinski definition) is 8. The summed E-state index contributed by atoms with van der Waals surface area (Å²) in [4.78, 5) is 57.5. The number of H-pyrrole nitrogens is 1. The zero-order valence-electron chi connectivity index (χ0n) is 29.1. The molecular weight excluding hydrogens is 644 g/mol. The van der Waals surface area contributed by atoms with E-state index in [1.807, 2.05) is 39.5 Å². The number of fused-ring (bicyclic) bond motifs is 6. The van der Waals surface area contributed by atoms with Crippen molar-refractivity contribution in [1.29, 1.82) is 0 Å². The molecule has 5 heterocycles. The molecule has 1 fully saturated rings. The number of nitrogens with one attached hydrogen (secondary N) is 1. The highest BCUT2D eigenvalue weighted by atomic mass is 19.1. The third-order valence-corrected chi connectivity index (χ3v) is 10.00. The van der Waals surface area contributed by atoms with Gasteiger partial charge in [0.2, 0.25) is 5.91 Å². The molecule has 5 aromatic rings. The molecule has 0 bridgehead atoms. The minimum atomic E-state index is -0.995. The zero-order valence-corrected chi connectivity index (χ0v) is 29.1. The van der Waals surface area contributed by atoms with E-state index in [1.165, 1.54) is 23.0 Å². The zero-order chi connectivity index (χ0) is 35.9. The van der Waals surface area contributed by atoms with Crippen molar-refractivity contribution in [2.24, 2.45) is 0 Å². The van der Waals surface area contributed by atoms with Gasteiger partial charge in [0.05, 0.1) is 45.4 Å². The highest BCUT2D eigenvalue weighted by molar-refractivity contribution is 6.04. The minimum Gasteiger partial charge on any atom is -0.407 e. The molecule has 1 saturated heterocycles. The predicted molar refractivity (Wildman–Crippen MR) is 190 cm³/mol. The molecule has 0 radical (unpaired) electrons. The van der Waals surface area contributed by atoms with Crippen LogP contribution in [0.5, 0.6) is 0 Å². The number of aromatic amines is 1. The van der Waals surface area contributed by atoms with Gasteiger partial charge in [0.15, 0.2) is 11.4 Å². The van der Waals surface area contributed by atoms with Crippen molar-refractivity contribution >= 4 is 39.3 Å². The molecule has 1 N–H and O–H groups in total. The maximum atomic E-state index is 17.8. The Balaban J connectivity index is 1.66. The molecule has 1 amide bonds. The smallest absolute Gasteiger partial charge is 0.407 e. The Morgan fingerprint density at radius 2 is 1.70 bits per heavy atom. The number of aromatic nitrogens is 4. The summed E-state index contributed by atoms with van der Waals surface area (Å²) in [5, 5.41) is 0.180. The average molecular weight is 684 g/mol. The standard InChI is InChI=1S/C37H39F2N7O4/c1-9-25(47)44-15-21-14-43(8)34-32(45(21)13-20(44)7)22-12-23(38)27(26-19(6)10-11-24-35(26)50-37(49)42-24)28(39)31(22)46(36(34)48)33-29(17(2)3)40-16-41-30(33)18(4)5/h9-12,16-18,20-21H,1,13-15H2,2-8H3,(H,42,49). The molecule has 0 aliphatic carbocycles. The van der Waals surface area contributed by atoms with E-state index in [2.05, 4.69) is 21.5 Å². The summed E-state index contributed by atoms with van der Waals surface area (Å²) in [5.41, 5.74) is 1.81. The van der Waals surface area contributed by atoms with E-state index < -0.39 is 28.5 Å². The highest BCUT2D eigenvalue weighted by Crippen LogP contribution is 2.46. The van der Waals surface area contributed by atoms with Crippen LogP contribution in [0.1, 0.15) is 63.4 Å². The van der Waals surface area contributed by atoms with Crippen LogP contribution in [0.4, 0.5) is 20.2 Å². The SMILES string of the molecule is C=CC(=O)N1CC2CN(C)c3c(c4cc(F)c(-c5c(C)ccc6[nH]c(=O)oc56)c(F)c4n(-c4c(C(C)C)ncnc4C(C)C)c3=O)N2CC1C. The number of nitrogens with zero attached hydrogens (tertiary/aromatic N) is 6. The second-order valence-electron chi connectivity index (χ2n) is 14.0. The summed E-state index contributed by atoms with van der Waals surface area (Å²) >= 11 is 0. The number of halogens is 2. The van der Waals surface area contributed by atoms with Gasteiger partial charge in [-0.25, -0.2) is 23.5 Å². The van der Waals surface area contributed by atoms with Crippen LogP contribution >= 0.6 is 0 Å². The van der Waals surface area contributed by atoms with E-state index in [1.54, 1.807) is 35.9 Å². The molecule has 2 unspecified atom stereocenters. The monoisotopic (exact) mass is 683 g/mol. The number of piperazine rings is 1. The summed E-state index contributed by atoms with van der Waals surface area (Å²) in [7, 11) is 1.78. The Bertz CT molecular complexity index is 2330. The van der Waals surface area contributed by atoms with Crippen LogP contribution in [0.15, 0.2) is 51.2 Å². The van der Waals surface area contributed by atoms with Crippen LogP contribution in [0.25, 0.3) is 38.8 Å². The molecule has 260 valence electrons. The Kier molecular flexibility index (Phi) is 7.91. The Labute approximate surface area is 286 Å². The molecule has 2 atom stereocenters. The maximum Gasteiger partial charge on any atom is 0.417 e. The molecule has 11 nitrogen and oxygen atoms in total. The number of amides is 1. The fraction of sp³-hybridized carbons (Fsp3) is 0.378. The Morgan fingerprint density at radius 3 is 2.34 bits per heavy atom. The van der Waals surface area contributed by atoms with Crippen molar-refractivity contribution in [1.82, 2.24) is 24.4 Å². The lowest BCUT2D eigenvalue weighted by molar-refractivity contribution is -0.128. The summed E-state index contributed by atoms with van der Waals surface area (Å²) in [6, 6.07) is 3.97. The van der Waals surface area contributed by atoms with Crippen molar-refractivity contribution < 1.29 is 18.0 Å². The number of likely N-dealkylation sites (N-methyl/N-ethyl adjacent to an activating group) is 1. The van der Waals surface area contributed by atoms with Gasteiger partial charge in [-0.1, -0.05) is 40.3 Å². The second kappa shape index (κ2) is 11.9. The van der Waals surface area contributed by atoms with Crippen molar-refractivity contribution in [3.63, 3.8) is 0 Å². The Morgan fingerprint density at radius 1 is 1.02 bits per heavy atom. The number of carbonyl (C=O) groups excluding carboxylic acids is 1. The molecule has 2 aliphatic rings. The van der Waals surface area contributed by atoms with Crippen LogP contribution in [-0.4, -0.2) is 69.1 Å². The lowest BCUT2D eigenvalue weighted by Gasteiger charge is -2.51. The summed E-state index contributed by atoms with van der Waals surface area (Å²) in [6.45, 7) is 16.0. The van der Waals surface area contributed by atoms with Crippen LogP contribution < -0.4 is 21.1 Å². The molecule has 0 saturated carbocycles. The molecule has 2 aromatic carbocycles. The Hall–Kier alpha value is -5.33. The topological polar surface area (TPSA) is 121 Å². The fourth-order valence-electron chi connectivity index (χ4n) is 7.73. The molecular formula is C37H39F2N7O4. The first-order valence-electron chi connectivity index (χ1n) is 16.7. The lowest BCUT2D eigenvalue weighted by atomic mass is 9.93. The van der Waals surface area contributed by atoms with Crippen LogP contribution in [0.3, 0.4) is 0 Å². The first-order valence-corrected chi connectivity index (χ1v) is 16.7. The number of oxazole rings is 1. The van der Waals surface area contributed by atoms with Crippen molar-refractivity contribution in [3.05, 3.63) is 86.7 Å². The number of pyridine rings is 1. The highest BCUT2D eigenvalue weighted by Gasteiger charge is 2.42. The number of rotatable bonds is 5. The first kappa shape index (κ1) is 33.2. The van der Waals surface area contributed by atoms with Gasteiger partial charge in [-0.2, -0.15) is 0 Å². The molecule has 50 heavy (non-hydrogen) atoms. The normalized spacial score (nSPS) is 17.6. The van der Waals surface area contributed by atoms with Gasteiger partial charge in [-0.05, 0) is 49.5 Å². The predicted octanol–water partition coefficient (Wildman–Crippen LogP) is 5.76. The van der Waals surface area contributed by atoms with Gasteiger partial charge in [0.25, 0.3) is 5.56 Å². The first-order chi connectivity index (χ1) is 23.7. The van der Waals surface area contributed by atoms with E-state index in [9.17, 15) is 9.59 Å². The third kappa shape index (κ3) is 4.84. The lowest BCUT2D eigenvalue weighted by Crippen LogP contribution is -2.64. The molecule has 13 heteroatoms. The van der Waals surface area contributed by atoms with Gasteiger partial charge < -0.3 is 19.1 Å². The average Bonchev–Trinajstić information content (AvgIpc) is 3.45. The van der Waals surface area contributed by atoms with Crippen molar-refractivity contribution in [2.45, 2.75) is 65.5 Å². The van der Waals surface area contributed by atoms with Gasteiger partial charge in [0, 0.05) is 43.7 Å². The van der Waals surface area contributed by atoms with Gasteiger partial charge >= 0.3 is 5.76 Å². The van der Waals surface area contributed by atoms with E-state index >= 15 is 13.6 Å². The summed E-state index contributed by atoms with van der Waals surface area (Å²) < 4.78 is 41.4. The van der Waals surface area contributed by atoms with Gasteiger partial charge in [-0.15, -0.1) is 0 Å². The summed E-state index contributed by atoms with van der Waals surface area (Å²) in [6.07, 6.45) is 2.73. The number of hydrogen-bond donors (Lipinski definition) is 1. The molecule has 0 spiro atoms. The van der Waals surface area contributed by atoms with E-state index in [0.29, 0.717) is 48.0 Å². The number of aryl methyl sites for hydroxylation is 1. The van der Waals surface area contributed by atoms with Gasteiger partial charge in [0.1, 0.15) is 17.8 Å². The van der Waals surface area contributed by atoms with E-state index in [4.69, 9.17) is 4.42 Å². The van der Waals surface area contributed by atoms with Crippen LogP contribution in [0, 0.1) is 18.6 Å². The second-order valence-corrected chi connectivity index (χ2v) is 14.0. The van der Waals surface area contributed by atoms with E-state index in [0.717, 1.165) is 0 Å². The largest absolute Gasteiger partial charge is 0.417 e. The minimum absolute atomic E-state index is 0.00409. The van der Waals surface area contributed by atoms with Crippen molar-refractivity contribution in [2.75, 3.05) is 36.5 Å². The molecule has 2 aliphatic heterocycles. The number of carbonyl (C=O) groups is 1. The van der Waals surface area contributed by atoms with E-state index in [-0.39, 0.29) is 63.1 Å².